The largest absolute Gasteiger partial charge is 0.479 e. The van der Waals surface area contributed by atoms with Gasteiger partial charge < -0.3 is 15.5 Å². The first kappa shape index (κ1) is 14.0. The van der Waals surface area contributed by atoms with Gasteiger partial charge in [-0.2, -0.15) is 0 Å². The molecule has 0 saturated heterocycles. The maximum atomic E-state index is 11.4. The van der Waals surface area contributed by atoms with E-state index in [0.29, 0.717) is 12.3 Å². The van der Waals surface area contributed by atoms with Gasteiger partial charge in [0.25, 0.3) is 0 Å². The minimum atomic E-state index is -1.51. The van der Waals surface area contributed by atoms with Crippen molar-refractivity contribution in [2.75, 3.05) is 6.54 Å². The van der Waals surface area contributed by atoms with Crippen LogP contribution in [-0.4, -0.2) is 34.7 Å². The summed E-state index contributed by atoms with van der Waals surface area (Å²) in [5.41, 5.74) is 0. The second-order valence-corrected chi connectivity index (χ2v) is 4.70. The quantitative estimate of drug-likeness (QED) is 0.647. The zero-order valence-electron chi connectivity index (χ0n) is 10.0. The molecule has 0 aromatic carbocycles. The number of aliphatic carboxylic acids is 1. The summed E-state index contributed by atoms with van der Waals surface area (Å²) >= 11 is 0. The summed E-state index contributed by atoms with van der Waals surface area (Å²) < 4.78 is 0. The number of rotatable bonds is 6. The van der Waals surface area contributed by atoms with E-state index in [2.05, 4.69) is 5.32 Å². The molecule has 17 heavy (non-hydrogen) atoms. The molecular weight excluding hydrogens is 222 g/mol. The molecule has 0 aromatic heterocycles. The van der Waals surface area contributed by atoms with Gasteiger partial charge in [0.05, 0.1) is 6.54 Å². The maximum Gasteiger partial charge on any atom is 0.334 e. The Morgan fingerprint density at radius 1 is 1.24 bits per heavy atom. The lowest BCUT2D eigenvalue weighted by atomic mass is 9.86. The minimum Gasteiger partial charge on any atom is -0.479 e. The molecule has 0 unspecified atom stereocenters. The molecule has 1 atom stereocenters. The Hall–Kier alpha value is -1.10. The molecule has 0 heterocycles. The number of carboxylic acids is 1. The van der Waals surface area contributed by atoms with Crippen LogP contribution in [0.25, 0.3) is 0 Å². The molecule has 1 saturated carbocycles. The van der Waals surface area contributed by atoms with Crippen LogP contribution in [0.2, 0.25) is 0 Å². The van der Waals surface area contributed by atoms with Crippen molar-refractivity contribution in [1.82, 2.24) is 5.32 Å². The molecule has 5 heteroatoms. The number of hydrogen-bond donors (Lipinski definition) is 3. The van der Waals surface area contributed by atoms with Crippen molar-refractivity contribution in [2.45, 2.75) is 51.0 Å². The van der Waals surface area contributed by atoms with Crippen LogP contribution >= 0.6 is 0 Å². The van der Waals surface area contributed by atoms with E-state index >= 15 is 0 Å². The molecule has 3 N–H and O–H groups in total. The summed E-state index contributed by atoms with van der Waals surface area (Å²) in [7, 11) is 0. The Labute approximate surface area is 101 Å². The molecular formula is C12H21NO4. The highest BCUT2D eigenvalue weighted by molar-refractivity contribution is 5.77. The Bertz CT molecular complexity index is 261. The van der Waals surface area contributed by atoms with E-state index in [-0.39, 0.29) is 12.5 Å². The second kappa shape index (κ2) is 7.27. The first-order chi connectivity index (χ1) is 8.09. The number of amides is 1. The highest BCUT2D eigenvalue weighted by Crippen LogP contribution is 2.27. The van der Waals surface area contributed by atoms with E-state index in [4.69, 9.17) is 10.2 Å². The van der Waals surface area contributed by atoms with Crippen molar-refractivity contribution in [1.29, 1.82) is 0 Å². The lowest BCUT2D eigenvalue weighted by molar-refractivity contribution is -0.146. The van der Waals surface area contributed by atoms with Gasteiger partial charge in [-0.15, -0.1) is 0 Å². The van der Waals surface area contributed by atoms with E-state index in [9.17, 15) is 9.59 Å². The third-order valence-electron chi connectivity index (χ3n) is 3.28. The van der Waals surface area contributed by atoms with Gasteiger partial charge in [0.1, 0.15) is 0 Å². The average molecular weight is 243 g/mol. The fraction of sp³-hybridized carbons (Fsp3) is 0.833. The smallest absolute Gasteiger partial charge is 0.334 e. The zero-order valence-corrected chi connectivity index (χ0v) is 10.0. The van der Waals surface area contributed by atoms with Crippen molar-refractivity contribution < 1.29 is 19.8 Å². The number of nitrogens with one attached hydrogen (secondary N) is 1. The van der Waals surface area contributed by atoms with Gasteiger partial charge >= 0.3 is 5.97 Å². The van der Waals surface area contributed by atoms with Crippen LogP contribution in [0.4, 0.5) is 0 Å². The molecule has 5 nitrogen and oxygen atoms in total. The Balaban J connectivity index is 2.10. The summed E-state index contributed by atoms with van der Waals surface area (Å²) in [6.07, 6.45) is 6.00. The van der Waals surface area contributed by atoms with Gasteiger partial charge in [-0.05, 0) is 12.3 Å². The number of aliphatic hydroxyl groups is 1. The van der Waals surface area contributed by atoms with E-state index < -0.39 is 12.1 Å². The van der Waals surface area contributed by atoms with Crippen LogP contribution in [0.15, 0.2) is 0 Å². The predicted molar refractivity (Wildman–Crippen MR) is 62.5 cm³/mol. The maximum absolute atomic E-state index is 11.4. The van der Waals surface area contributed by atoms with Crippen molar-refractivity contribution in [3.63, 3.8) is 0 Å². The first-order valence-electron chi connectivity index (χ1n) is 6.27. The molecule has 0 aromatic rings. The van der Waals surface area contributed by atoms with Crippen molar-refractivity contribution in [3.8, 4) is 0 Å². The van der Waals surface area contributed by atoms with Crippen LogP contribution in [0.1, 0.15) is 44.9 Å². The van der Waals surface area contributed by atoms with Crippen LogP contribution < -0.4 is 5.32 Å². The number of carbonyl (C=O) groups is 2. The topological polar surface area (TPSA) is 86.6 Å². The van der Waals surface area contributed by atoms with E-state index in [1.165, 1.54) is 32.1 Å². The summed E-state index contributed by atoms with van der Waals surface area (Å²) in [5.74, 6) is -0.840. The number of carboxylic acid groups (broad SMARTS) is 1. The third-order valence-corrected chi connectivity index (χ3v) is 3.28. The van der Waals surface area contributed by atoms with Gasteiger partial charge in [0, 0.05) is 6.42 Å². The van der Waals surface area contributed by atoms with Crippen LogP contribution in [-0.2, 0) is 9.59 Å². The molecule has 0 aliphatic heterocycles. The fourth-order valence-corrected chi connectivity index (χ4v) is 2.20. The lowest BCUT2D eigenvalue weighted by Gasteiger charge is -2.21. The van der Waals surface area contributed by atoms with Gasteiger partial charge in [0.2, 0.25) is 5.91 Å². The minimum absolute atomic E-state index is 0.170. The van der Waals surface area contributed by atoms with Crippen molar-refractivity contribution >= 4 is 11.9 Å². The molecule has 0 spiro atoms. The standard InChI is InChI=1S/C12H21NO4/c14-10(12(16)17)8-13-11(15)7-6-9-4-2-1-3-5-9/h9-10,14H,1-8H2,(H,13,15)(H,16,17)/t10-/m0/s1. The Kier molecular flexibility index (Phi) is 5.97. The Morgan fingerprint density at radius 2 is 1.88 bits per heavy atom. The number of carbonyl (C=O) groups excluding carboxylic acids is 1. The van der Waals surface area contributed by atoms with Gasteiger partial charge in [-0.25, -0.2) is 4.79 Å². The highest BCUT2D eigenvalue weighted by atomic mass is 16.4. The molecule has 1 aliphatic carbocycles. The van der Waals surface area contributed by atoms with Crippen molar-refractivity contribution in [3.05, 3.63) is 0 Å². The molecule has 98 valence electrons. The van der Waals surface area contributed by atoms with Crippen LogP contribution in [0.3, 0.4) is 0 Å². The predicted octanol–water partition coefficient (Wildman–Crippen LogP) is 0.909. The molecule has 1 rings (SSSR count). The summed E-state index contributed by atoms with van der Waals surface area (Å²) in [6, 6.07) is 0. The second-order valence-electron chi connectivity index (χ2n) is 4.70. The Morgan fingerprint density at radius 3 is 2.47 bits per heavy atom. The zero-order chi connectivity index (χ0) is 12.7. The summed E-state index contributed by atoms with van der Waals surface area (Å²) in [6.45, 7) is -0.209. The average Bonchev–Trinajstić information content (AvgIpc) is 2.34. The van der Waals surface area contributed by atoms with Gasteiger partial charge in [-0.1, -0.05) is 32.1 Å². The fourth-order valence-electron chi connectivity index (χ4n) is 2.20. The van der Waals surface area contributed by atoms with E-state index in [0.717, 1.165) is 6.42 Å². The molecule has 1 aliphatic rings. The lowest BCUT2D eigenvalue weighted by Crippen LogP contribution is -2.36. The number of hydrogen-bond acceptors (Lipinski definition) is 3. The first-order valence-corrected chi connectivity index (χ1v) is 6.27. The van der Waals surface area contributed by atoms with Crippen LogP contribution in [0.5, 0.6) is 0 Å². The number of aliphatic hydroxyl groups excluding tert-OH is 1. The van der Waals surface area contributed by atoms with Gasteiger partial charge in [-0.3, -0.25) is 4.79 Å². The SMILES string of the molecule is O=C(CCC1CCCCC1)NC[C@H](O)C(=O)O. The summed E-state index contributed by atoms with van der Waals surface area (Å²) in [4.78, 5) is 21.7. The van der Waals surface area contributed by atoms with E-state index in [1.54, 1.807) is 0 Å². The third kappa shape index (κ3) is 5.68. The van der Waals surface area contributed by atoms with Gasteiger partial charge in [0.15, 0.2) is 6.10 Å². The highest BCUT2D eigenvalue weighted by Gasteiger charge is 2.16. The molecule has 1 amide bonds. The molecule has 1 fully saturated rings. The summed E-state index contributed by atoms with van der Waals surface area (Å²) in [5, 5.41) is 19.8. The molecule has 0 bridgehead atoms. The van der Waals surface area contributed by atoms with Crippen LogP contribution in [0, 0.1) is 5.92 Å². The normalized spacial score (nSPS) is 18.6. The van der Waals surface area contributed by atoms with E-state index in [1.807, 2.05) is 0 Å². The molecule has 0 radical (unpaired) electrons. The van der Waals surface area contributed by atoms with Crippen molar-refractivity contribution in [2.24, 2.45) is 5.92 Å². The monoisotopic (exact) mass is 243 g/mol.